The van der Waals surface area contributed by atoms with E-state index in [9.17, 15) is 0 Å². The van der Waals surface area contributed by atoms with Gasteiger partial charge in [-0.25, -0.2) is 0 Å². The molecule has 0 saturated carbocycles. The molecule has 22 heavy (non-hydrogen) atoms. The van der Waals surface area contributed by atoms with Crippen LogP contribution in [0.15, 0.2) is 60.2 Å². The molecular formula is C22H18. The minimum absolute atomic E-state index is 1.15. The van der Waals surface area contributed by atoms with Gasteiger partial charge in [-0.3, -0.25) is 0 Å². The van der Waals surface area contributed by atoms with Crippen LogP contribution in [0.25, 0.3) is 16.3 Å². The van der Waals surface area contributed by atoms with Crippen LogP contribution in [-0.4, -0.2) is 0 Å². The smallest absolute Gasteiger partial charge is 0.00514 e. The van der Waals surface area contributed by atoms with Gasteiger partial charge in [0.1, 0.15) is 0 Å². The van der Waals surface area contributed by atoms with Crippen molar-refractivity contribution in [3.63, 3.8) is 0 Å². The number of hydrogen-bond donors (Lipinski definition) is 0. The van der Waals surface area contributed by atoms with Crippen molar-refractivity contribution in [3.05, 3.63) is 88.0 Å². The summed E-state index contributed by atoms with van der Waals surface area (Å²) in [5.41, 5.74) is 10.5. The van der Waals surface area contributed by atoms with E-state index in [0.717, 1.165) is 6.42 Å². The number of aryl methyl sites for hydroxylation is 2. The van der Waals surface area contributed by atoms with Crippen molar-refractivity contribution in [1.29, 1.82) is 0 Å². The molecule has 5 rings (SSSR count). The minimum atomic E-state index is 1.15. The largest absolute Gasteiger partial charge is 0.0619 e. The molecule has 106 valence electrons. The van der Waals surface area contributed by atoms with E-state index >= 15 is 0 Å². The normalized spacial score (nSPS) is 15.7. The highest BCUT2D eigenvalue weighted by atomic mass is 14.3. The lowest BCUT2D eigenvalue weighted by Gasteiger charge is -2.21. The predicted octanol–water partition coefficient (Wildman–Crippen LogP) is 5.45. The second kappa shape index (κ2) is 4.33. The van der Waals surface area contributed by atoms with Crippen LogP contribution in [0, 0.1) is 6.92 Å². The Kier molecular flexibility index (Phi) is 2.41. The van der Waals surface area contributed by atoms with Crippen LogP contribution in [-0.2, 0) is 12.8 Å². The average Bonchev–Trinajstić information content (AvgIpc) is 2.93. The highest BCUT2D eigenvalue weighted by Gasteiger charge is 2.27. The van der Waals surface area contributed by atoms with Gasteiger partial charge in [-0.05, 0) is 64.8 Å². The predicted molar refractivity (Wildman–Crippen MR) is 93.2 cm³/mol. The Morgan fingerprint density at radius 1 is 0.818 bits per heavy atom. The summed E-state index contributed by atoms with van der Waals surface area (Å²) in [4.78, 5) is 0. The molecule has 0 saturated heterocycles. The summed E-state index contributed by atoms with van der Waals surface area (Å²) >= 11 is 0. The summed E-state index contributed by atoms with van der Waals surface area (Å²) in [5, 5.41) is 2.83. The average molecular weight is 282 g/mol. The molecule has 3 aromatic rings. The molecule has 0 fully saturated rings. The van der Waals surface area contributed by atoms with Crippen molar-refractivity contribution in [2.75, 3.05) is 0 Å². The summed E-state index contributed by atoms with van der Waals surface area (Å²) in [5.74, 6) is 0. The Hall–Kier alpha value is -2.34. The highest BCUT2D eigenvalue weighted by Crippen LogP contribution is 2.45. The lowest BCUT2D eigenvalue weighted by molar-refractivity contribution is 0.903. The van der Waals surface area contributed by atoms with Gasteiger partial charge >= 0.3 is 0 Å². The first-order valence-electron chi connectivity index (χ1n) is 8.14. The second-order valence-corrected chi connectivity index (χ2v) is 6.63. The molecule has 0 amide bonds. The summed E-state index contributed by atoms with van der Waals surface area (Å²) in [7, 11) is 0. The molecule has 3 aromatic carbocycles. The third-order valence-electron chi connectivity index (χ3n) is 5.28. The van der Waals surface area contributed by atoms with Crippen molar-refractivity contribution in [2.24, 2.45) is 0 Å². The molecule has 0 heteroatoms. The zero-order valence-electron chi connectivity index (χ0n) is 12.8. The van der Waals surface area contributed by atoms with Crippen LogP contribution < -0.4 is 0 Å². The van der Waals surface area contributed by atoms with Crippen LogP contribution in [0.3, 0.4) is 0 Å². The lowest BCUT2D eigenvalue weighted by atomic mass is 9.82. The van der Waals surface area contributed by atoms with Gasteiger partial charge in [0.05, 0.1) is 0 Å². The molecule has 0 radical (unpaired) electrons. The Morgan fingerprint density at radius 2 is 1.73 bits per heavy atom. The molecule has 2 aliphatic carbocycles. The first kappa shape index (κ1) is 12.2. The van der Waals surface area contributed by atoms with Gasteiger partial charge in [-0.1, -0.05) is 65.7 Å². The summed E-state index contributed by atoms with van der Waals surface area (Å²) in [6.07, 6.45) is 3.55. The molecule has 0 N–H and O–H groups in total. The highest BCUT2D eigenvalue weighted by molar-refractivity contribution is 5.97. The first-order chi connectivity index (χ1) is 10.8. The van der Waals surface area contributed by atoms with Crippen molar-refractivity contribution in [2.45, 2.75) is 26.2 Å². The van der Waals surface area contributed by atoms with Crippen LogP contribution in [0.4, 0.5) is 0 Å². The van der Waals surface area contributed by atoms with Crippen molar-refractivity contribution < 1.29 is 0 Å². The molecule has 2 aliphatic rings. The zero-order chi connectivity index (χ0) is 14.7. The van der Waals surface area contributed by atoms with E-state index in [1.54, 1.807) is 11.1 Å². The molecule has 0 aliphatic heterocycles. The fourth-order valence-corrected chi connectivity index (χ4v) is 4.27. The van der Waals surface area contributed by atoms with E-state index in [1.807, 2.05) is 0 Å². The monoisotopic (exact) mass is 282 g/mol. The van der Waals surface area contributed by atoms with Crippen molar-refractivity contribution in [1.82, 2.24) is 0 Å². The lowest BCUT2D eigenvalue weighted by Crippen LogP contribution is -2.04. The molecule has 0 unspecified atom stereocenters. The van der Waals surface area contributed by atoms with Crippen LogP contribution in [0.1, 0.15) is 34.2 Å². The first-order valence-corrected chi connectivity index (χ1v) is 8.14. The fourth-order valence-electron chi connectivity index (χ4n) is 4.27. The third kappa shape index (κ3) is 1.58. The van der Waals surface area contributed by atoms with Crippen LogP contribution >= 0.6 is 0 Å². The van der Waals surface area contributed by atoms with Crippen LogP contribution in [0.2, 0.25) is 0 Å². The van der Waals surface area contributed by atoms with Gasteiger partial charge in [0.15, 0.2) is 0 Å². The van der Waals surface area contributed by atoms with E-state index < -0.39 is 0 Å². The van der Waals surface area contributed by atoms with Crippen molar-refractivity contribution in [3.8, 4) is 0 Å². The number of benzene rings is 3. The minimum Gasteiger partial charge on any atom is -0.0619 e. The Bertz CT molecular complexity index is 957. The van der Waals surface area contributed by atoms with Gasteiger partial charge in [-0.15, -0.1) is 0 Å². The van der Waals surface area contributed by atoms with E-state index in [-0.39, 0.29) is 0 Å². The molecule has 0 heterocycles. The van der Waals surface area contributed by atoms with Gasteiger partial charge in [-0.2, -0.15) is 0 Å². The van der Waals surface area contributed by atoms with Crippen molar-refractivity contribution >= 4 is 16.3 Å². The standard InChI is InChI=1S/C22H18/c1-14-6-9-18-16(12-14)7-11-21-20(18)10-8-17-13-15-4-2-3-5-19(15)22(17)21/h2-7,9,11-12H,8,10,13H2,1H3. The Balaban J connectivity index is 1.81. The fraction of sp³-hybridized carbons (Fsp3) is 0.182. The van der Waals surface area contributed by atoms with E-state index in [0.29, 0.717) is 0 Å². The van der Waals surface area contributed by atoms with Gasteiger partial charge in [0.2, 0.25) is 0 Å². The molecule has 0 spiro atoms. The second-order valence-electron chi connectivity index (χ2n) is 6.63. The van der Waals surface area contributed by atoms with Gasteiger partial charge in [0, 0.05) is 0 Å². The quantitative estimate of drug-likeness (QED) is 0.514. The molecule has 0 atom stereocenters. The maximum atomic E-state index is 2.35. The number of allylic oxidation sites excluding steroid dienone is 1. The number of rotatable bonds is 0. The molecule has 0 bridgehead atoms. The Labute approximate surface area is 131 Å². The summed E-state index contributed by atoms with van der Waals surface area (Å²) in [6, 6.07) is 20.5. The Morgan fingerprint density at radius 3 is 2.68 bits per heavy atom. The van der Waals surface area contributed by atoms with Crippen LogP contribution in [0.5, 0.6) is 0 Å². The maximum Gasteiger partial charge on any atom is -0.00514 e. The number of fused-ring (bicyclic) bond motifs is 6. The summed E-state index contributed by atoms with van der Waals surface area (Å²) < 4.78 is 0. The SMILES string of the molecule is Cc1ccc2c3c(ccc2c1)C1=C(CC3)Cc2ccccc21. The summed E-state index contributed by atoms with van der Waals surface area (Å²) in [6.45, 7) is 2.17. The van der Waals surface area contributed by atoms with E-state index in [2.05, 4.69) is 61.5 Å². The topological polar surface area (TPSA) is 0 Å². The molecule has 0 aromatic heterocycles. The van der Waals surface area contributed by atoms with Gasteiger partial charge in [0.25, 0.3) is 0 Å². The maximum absolute atomic E-state index is 2.35. The molecular weight excluding hydrogens is 264 g/mol. The zero-order valence-corrected chi connectivity index (χ0v) is 12.8. The number of hydrogen-bond acceptors (Lipinski definition) is 0. The third-order valence-corrected chi connectivity index (χ3v) is 5.28. The molecule has 0 nitrogen and oxygen atoms in total. The van der Waals surface area contributed by atoms with E-state index in [4.69, 9.17) is 0 Å². The van der Waals surface area contributed by atoms with E-state index in [1.165, 1.54) is 51.4 Å². The van der Waals surface area contributed by atoms with Gasteiger partial charge < -0.3 is 0 Å².